The van der Waals surface area contributed by atoms with Gasteiger partial charge in [-0.05, 0) is 18.9 Å². The Morgan fingerprint density at radius 3 is 2.95 bits per heavy atom. The molecule has 1 aromatic carbocycles. The zero-order valence-electron chi connectivity index (χ0n) is 11.5. The van der Waals surface area contributed by atoms with Crippen LogP contribution >= 0.6 is 0 Å². The molecule has 1 aliphatic rings. The number of fused-ring (bicyclic) bond motifs is 1. The van der Waals surface area contributed by atoms with E-state index in [2.05, 4.69) is 4.98 Å². The summed E-state index contributed by atoms with van der Waals surface area (Å²) in [6.45, 7) is -1.57. The van der Waals surface area contributed by atoms with Gasteiger partial charge in [0.15, 0.2) is 0 Å². The SMILES string of the molecule is OC1CCCN(Cc2nccn2C(F)F)c2ccccc21. The predicted octanol–water partition coefficient (Wildman–Crippen LogP) is 3.11. The van der Waals surface area contributed by atoms with Gasteiger partial charge in [0.05, 0.1) is 12.6 Å². The van der Waals surface area contributed by atoms with Gasteiger partial charge in [-0.15, -0.1) is 0 Å². The molecule has 0 spiro atoms. The van der Waals surface area contributed by atoms with E-state index in [0.717, 1.165) is 22.2 Å². The molecule has 2 heterocycles. The summed E-state index contributed by atoms with van der Waals surface area (Å²) in [7, 11) is 0. The number of halogens is 2. The lowest BCUT2D eigenvalue weighted by Gasteiger charge is -2.25. The summed E-state index contributed by atoms with van der Waals surface area (Å²) in [5, 5.41) is 10.2. The number of hydrogen-bond donors (Lipinski definition) is 1. The standard InChI is InChI=1S/C15H17F2N3O/c16-15(17)20-9-7-18-14(20)10-19-8-3-6-13(21)11-4-1-2-5-12(11)19/h1-2,4-5,7,9,13,15,21H,3,6,8,10H2. The fourth-order valence-corrected chi connectivity index (χ4v) is 2.79. The van der Waals surface area contributed by atoms with Crippen LogP contribution in [0.5, 0.6) is 0 Å². The van der Waals surface area contributed by atoms with Gasteiger partial charge in [0.25, 0.3) is 0 Å². The van der Waals surface area contributed by atoms with Gasteiger partial charge in [0.2, 0.25) is 0 Å². The number of benzene rings is 1. The van der Waals surface area contributed by atoms with E-state index in [9.17, 15) is 13.9 Å². The molecule has 0 fully saturated rings. The molecule has 0 aliphatic carbocycles. The molecule has 1 atom stereocenters. The van der Waals surface area contributed by atoms with E-state index < -0.39 is 12.7 Å². The fraction of sp³-hybridized carbons (Fsp3) is 0.400. The van der Waals surface area contributed by atoms with Crippen LogP contribution in [0.4, 0.5) is 14.5 Å². The summed E-state index contributed by atoms with van der Waals surface area (Å²) in [5.41, 5.74) is 1.75. The van der Waals surface area contributed by atoms with Gasteiger partial charge in [-0.2, -0.15) is 8.78 Å². The molecule has 2 aromatic rings. The Morgan fingerprint density at radius 2 is 2.14 bits per heavy atom. The second-order valence-electron chi connectivity index (χ2n) is 5.17. The van der Waals surface area contributed by atoms with E-state index in [-0.39, 0.29) is 0 Å². The van der Waals surface area contributed by atoms with Gasteiger partial charge in [-0.3, -0.25) is 4.57 Å². The first-order valence-electron chi connectivity index (χ1n) is 6.98. The molecule has 4 nitrogen and oxygen atoms in total. The molecule has 1 aliphatic heterocycles. The number of aromatic nitrogens is 2. The second-order valence-corrected chi connectivity index (χ2v) is 5.17. The van der Waals surface area contributed by atoms with E-state index in [1.54, 1.807) is 0 Å². The summed E-state index contributed by atoms with van der Waals surface area (Å²) in [6, 6.07) is 7.58. The molecule has 0 saturated heterocycles. The lowest BCUT2D eigenvalue weighted by Crippen LogP contribution is -2.25. The van der Waals surface area contributed by atoms with Crippen molar-refractivity contribution in [2.45, 2.75) is 32.0 Å². The smallest absolute Gasteiger partial charge is 0.319 e. The topological polar surface area (TPSA) is 41.3 Å². The lowest BCUT2D eigenvalue weighted by molar-refractivity contribution is 0.0670. The van der Waals surface area contributed by atoms with Crippen LogP contribution in [-0.4, -0.2) is 21.2 Å². The minimum Gasteiger partial charge on any atom is -0.388 e. The first-order chi connectivity index (χ1) is 10.2. The molecule has 6 heteroatoms. The third-order valence-electron chi connectivity index (χ3n) is 3.83. The number of aliphatic hydroxyl groups is 1. The van der Waals surface area contributed by atoms with Gasteiger partial charge in [0.1, 0.15) is 5.82 Å². The summed E-state index contributed by atoms with van der Waals surface area (Å²) < 4.78 is 26.7. The van der Waals surface area contributed by atoms with Crippen LogP contribution in [0, 0.1) is 0 Å². The van der Waals surface area contributed by atoms with E-state index in [4.69, 9.17) is 0 Å². The largest absolute Gasteiger partial charge is 0.388 e. The number of alkyl halides is 2. The van der Waals surface area contributed by atoms with E-state index in [0.29, 0.717) is 25.3 Å². The van der Waals surface area contributed by atoms with Crippen molar-refractivity contribution in [2.75, 3.05) is 11.4 Å². The maximum Gasteiger partial charge on any atom is 0.319 e. The van der Waals surface area contributed by atoms with Crippen LogP contribution < -0.4 is 4.90 Å². The Hall–Kier alpha value is -1.95. The van der Waals surface area contributed by atoms with Crippen LogP contribution in [0.3, 0.4) is 0 Å². The number of rotatable bonds is 3. The Labute approximate surface area is 121 Å². The molecule has 1 N–H and O–H groups in total. The average Bonchev–Trinajstić information content (AvgIpc) is 2.88. The highest BCUT2D eigenvalue weighted by Crippen LogP contribution is 2.33. The van der Waals surface area contributed by atoms with E-state index in [1.165, 1.54) is 12.4 Å². The maximum absolute atomic E-state index is 12.9. The first kappa shape index (κ1) is 14.0. The van der Waals surface area contributed by atoms with Crippen molar-refractivity contribution in [3.63, 3.8) is 0 Å². The number of para-hydroxylation sites is 1. The van der Waals surface area contributed by atoms with Crippen molar-refractivity contribution in [2.24, 2.45) is 0 Å². The van der Waals surface area contributed by atoms with Gasteiger partial charge in [0, 0.05) is 30.2 Å². The highest BCUT2D eigenvalue weighted by molar-refractivity contribution is 5.55. The summed E-state index contributed by atoms with van der Waals surface area (Å²) >= 11 is 0. The zero-order valence-corrected chi connectivity index (χ0v) is 11.5. The third kappa shape index (κ3) is 2.76. The number of hydrogen-bond acceptors (Lipinski definition) is 3. The van der Waals surface area contributed by atoms with Crippen molar-refractivity contribution in [1.29, 1.82) is 0 Å². The van der Waals surface area contributed by atoms with Crippen LogP contribution in [0.2, 0.25) is 0 Å². The van der Waals surface area contributed by atoms with Gasteiger partial charge in [-0.25, -0.2) is 4.98 Å². The van der Waals surface area contributed by atoms with Crippen molar-refractivity contribution < 1.29 is 13.9 Å². The Balaban J connectivity index is 1.91. The number of nitrogens with zero attached hydrogens (tertiary/aromatic N) is 3. The predicted molar refractivity (Wildman–Crippen MR) is 75.2 cm³/mol. The molecular weight excluding hydrogens is 276 g/mol. The first-order valence-corrected chi connectivity index (χ1v) is 6.98. The average molecular weight is 293 g/mol. The number of aliphatic hydroxyl groups excluding tert-OH is 1. The molecule has 0 amide bonds. The molecule has 3 rings (SSSR count). The molecule has 0 bridgehead atoms. The highest BCUT2D eigenvalue weighted by Gasteiger charge is 2.22. The molecule has 112 valence electrons. The minimum absolute atomic E-state index is 0.307. The summed E-state index contributed by atoms with van der Waals surface area (Å²) in [5.74, 6) is 0.330. The van der Waals surface area contributed by atoms with E-state index in [1.807, 2.05) is 29.2 Å². The molecule has 21 heavy (non-hydrogen) atoms. The van der Waals surface area contributed by atoms with Gasteiger partial charge in [-0.1, -0.05) is 18.2 Å². The molecule has 0 radical (unpaired) electrons. The van der Waals surface area contributed by atoms with Gasteiger partial charge >= 0.3 is 6.55 Å². The van der Waals surface area contributed by atoms with Crippen molar-refractivity contribution in [1.82, 2.24) is 9.55 Å². The summed E-state index contributed by atoms with van der Waals surface area (Å²) in [4.78, 5) is 6.04. The van der Waals surface area contributed by atoms with Crippen molar-refractivity contribution in [3.05, 3.63) is 48.0 Å². The minimum atomic E-state index is -2.59. The normalized spacial score (nSPS) is 18.7. The Bertz CT molecular complexity index is 614. The number of anilines is 1. The van der Waals surface area contributed by atoms with Crippen LogP contribution in [0.1, 0.15) is 36.9 Å². The Morgan fingerprint density at radius 1 is 1.33 bits per heavy atom. The van der Waals surface area contributed by atoms with Crippen LogP contribution in [0.15, 0.2) is 36.7 Å². The molecule has 1 unspecified atom stereocenters. The quantitative estimate of drug-likeness (QED) is 0.945. The second kappa shape index (κ2) is 5.81. The van der Waals surface area contributed by atoms with Crippen molar-refractivity contribution in [3.8, 4) is 0 Å². The molecule has 0 saturated carbocycles. The molecule has 1 aromatic heterocycles. The zero-order chi connectivity index (χ0) is 14.8. The van der Waals surface area contributed by atoms with Gasteiger partial charge < -0.3 is 10.0 Å². The lowest BCUT2D eigenvalue weighted by atomic mass is 10.0. The van der Waals surface area contributed by atoms with Crippen LogP contribution in [0.25, 0.3) is 0 Å². The van der Waals surface area contributed by atoms with E-state index >= 15 is 0 Å². The monoisotopic (exact) mass is 293 g/mol. The van der Waals surface area contributed by atoms with Crippen molar-refractivity contribution >= 4 is 5.69 Å². The third-order valence-corrected chi connectivity index (χ3v) is 3.83. The highest BCUT2D eigenvalue weighted by atomic mass is 19.3. The maximum atomic E-state index is 12.9. The number of imidazole rings is 1. The Kier molecular flexibility index (Phi) is 3.88. The summed E-state index contributed by atoms with van der Waals surface area (Å²) in [6.07, 6.45) is 3.67. The fourth-order valence-electron chi connectivity index (χ4n) is 2.79. The van der Waals surface area contributed by atoms with Crippen LogP contribution in [-0.2, 0) is 6.54 Å². The molecular formula is C15H17F2N3O.